The molecule has 23 heavy (non-hydrogen) atoms. The Morgan fingerprint density at radius 3 is 2.39 bits per heavy atom. The van der Waals surface area contributed by atoms with Gasteiger partial charge in [0.1, 0.15) is 17.3 Å². The molecule has 1 aromatic heterocycles. The second-order valence-electron chi connectivity index (χ2n) is 5.05. The number of ether oxygens (including phenoxy) is 1. The van der Waals surface area contributed by atoms with Crippen LogP contribution in [0, 0.1) is 0 Å². The quantitative estimate of drug-likeness (QED) is 0.713. The van der Waals surface area contributed by atoms with Crippen molar-refractivity contribution in [2.75, 3.05) is 7.11 Å². The first-order valence-electron chi connectivity index (χ1n) is 7.33. The minimum Gasteiger partial charge on any atom is -0.496 e. The average molecular weight is 330 g/mol. The van der Waals surface area contributed by atoms with E-state index < -0.39 is 0 Å². The zero-order valence-corrected chi connectivity index (χ0v) is 13.8. The Labute approximate surface area is 142 Å². The molecule has 3 rings (SSSR count). The molecule has 2 aromatic carbocycles. The lowest BCUT2D eigenvalue weighted by Gasteiger charge is -2.08. The highest BCUT2D eigenvalue weighted by Gasteiger charge is 2.05. The Morgan fingerprint density at radius 1 is 0.870 bits per heavy atom. The van der Waals surface area contributed by atoms with Crippen LogP contribution in [-0.4, -0.2) is 7.11 Å². The van der Waals surface area contributed by atoms with E-state index in [9.17, 15) is 0 Å². The molecule has 4 heteroatoms. The summed E-state index contributed by atoms with van der Waals surface area (Å²) in [5.74, 6) is 2.72. The van der Waals surface area contributed by atoms with E-state index in [4.69, 9.17) is 9.15 Å². The van der Waals surface area contributed by atoms with Crippen LogP contribution in [-0.2, 0) is 13.1 Å². The number of hydrogen-bond donors (Lipinski definition) is 1. The molecule has 0 saturated heterocycles. The van der Waals surface area contributed by atoms with Gasteiger partial charge in [0, 0.05) is 17.7 Å². The summed E-state index contributed by atoms with van der Waals surface area (Å²) in [7, 11) is 1.69. The van der Waals surface area contributed by atoms with E-state index in [-0.39, 0.29) is 12.4 Å². The molecule has 0 atom stereocenters. The lowest BCUT2D eigenvalue weighted by atomic mass is 10.2. The lowest BCUT2D eigenvalue weighted by Crippen LogP contribution is -2.12. The second kappa shape index (κ2) is 8.42. The fraction of sp³-hybridized carbons (Fsp3) is 0.158. The fourth-order valence-electron chi connectivity index (χ4n) is 2.40. The van der Waals surface area contributed by atoms with Crippen LogP contribution in [0.5, 0.6) is 5.75 Å². The number of rotatable bonds is 6. The SMILES string of the molecule is COc1ccccc1CNCc1ccc(-c2ccccc2)o1.Cl. The van der Waals surface area contributed by atoms with E-state index in [2.05, 4.69) is 11.4 Å². The first kappa shape index (κ1) is 17.1. The van der Waals surface area contributed by atoms with Crippen molar-refractivity contribution in [1.29, 1.82) is 0 Å². The van der Waals surface area contributed by atoms with Gasteiger partial charge in [0.05, 0.1) is 13.7 Å². The van der Waals surface area contributed by atoms with Crippen LogP contribution in [0.1, 0.15) is 11.3 Å². The number of para-hydroxylation sites is 1. The van der Waals surface area contributed by atoms with Crippen molar-refractivity contribution in [2.24, 2.45) is 0 Å². The van der Waals surface area contributed by atoms with Crippen molar-refractivity contribution >= 4 is 12.4 Å². The molecule has 3 nitrogen and oxygen atoms in total. The first-order chi connectivity index (χ1) is 10.9. The third-order valence-electron chi connectivity index (χ3n) is 3.53. The van der Waals surface area contributed by atoms with Crippen molar-refractivity contribution in [3.8, 4) is 17.1 Å². The van der Waals surface area contributed by atoms with Crippen LogP contribution in [0.3, 0.4) is 0 Å². The molecular weight excluding hydrogens is 310 g/mol. The summed E-state index contributed by atoms with van der Waals surface area (Å²) in [4.78, 5) is 0. The number of benzene rings is 2. The summed E-state index contributed by atoms with van der Waals surface area (Å²) < 4.78 is 11.2. The van der Waals surface area contributed by atoms with E-state index >= 15 is 0 Å². The molecule has 0 fully saturated rings. The highest BCUT2D eigenvalue weighted by atomic mass is 35.5. The van der Waals surface area contributed by atoms with Crippen LogP contribution < -0.4 is 10.1 Å². The summed E-state index contributed by atoms with van der Waals surface area (Å²) in [5, 5.41) is 3.38. The zero-order chi connectivity index (χ0) is 15.2. The van der Waals surface area contributed by atoms with Gasteiger partial charge in [0.2, 0.25) is 0 Å². The van der Waals surface area contributed by atoms with Crippen LogP contribution in [0.15, 0.2) is 71.1 Å². The summed E-state index contributed by atoms with van der Waals surface area (Å²) in [6.07, 6.45) is 0. The fourth-order valence-corrected chi connectivity index (χ4v) is 2.40. The molecule has 0 radical (unpaired) electrons. The highest BCUT2D eigenvalue weighted by molar-refractivity contribution is 5.85. The predicted molar refractivity (Wildman–Crippen MR) is 94.9 cm³/mol. The summed E-state index contributed by atoms with van der Waals surface area (Å²) >= 11 is 0. The standard InChI is InChI=1S/C19H19NO2.ClH/c1-21-18-10-6-5-9-16(18)13-20-14-17-11-12-19(22-17)15-7-3-2-4-8-15;/h2-12,20H,13-14H2,1H3;1H. The van der Waals surface area contributed by atoms with E-state index in [1.807, 2.05) is 60.7 Å². The smallest absolute Gasteiger partial charge is 0.134 e. The van der Waals surface area contributed by atoms with Crippen LogP contribution >= 0.6 is 12.4 Å². The van der Waals surface area contributed by atoms with Crippen molar-refractivity contribution in [3.63, 3.8) is 0 Å². The molecule has 0 unspecified atom stereocenters. The Balaban J connectivity index is 0.00000192. The minimum atomic E-state index is 0. The Morgan fingerprint density at radius 2 is 1.61 bits per heavy atom. The van der Waals surface area contributed by atoms with Crippen molar-refractivity contribution < 1.29 is 9.15 Å². The van der Waals surface area contributed by atoms with Gasteiger partial charge in [0.25, 0.3) is 0 Å². The molecule has 0 aliphatic heterocycles. The molecule has 0 saturated carbocycles. The lowest BCUT2D eigenvalue weighted by molar-refractivity contribution is 0.406. The summed E-state index contributed by atoms with van der Waals surface area (Å²) in [5.41, 5.74) is 2.23. The van der Waals surface area contributed by atoms with Gasteiger partial charge < -0.3 is 14.5 Å². The first-order valence-corrected chi connectivity index (χ1v) is 7.33. The molecule has 1 heterocycles. The normalized spacial score (nSPS) is 10.1. The largest absolute Gasteiger partial charge is 0.496 e. The second-order valence-corrected chi connectivity index (χ2v) is 5.05. The number of methoxy groups -OCH3 is 1. The monoisotopic (exact) mass is 329 g/mol. The third-order valence-corrected chi connectivity index (χ3v) is 3.53. The molecule has 0 amide bonds. The van der Waals surface area contributed by atoms with Crippen LogP contribution in [0.25, 0.3) is 11.3 Å². The molecule has 0 aliphatic rings. The molecule has 0 aliphatic carbocycles. The van der Waals surface area contributed by atoms with E-state index in [1.165, 1.54) is 0 Å². The maximum Gasteiger partial charge on any atom is 0.134 e. The molecule has 0 spiro atoms. The van der Waals surface area contributed by atoms with Crippen molar-refractivity contribution in [1.82, 2.24) is 5.32 Å². The average Bonchev–Trinajstić information content (AvgIpc) is 3.05. The van der Waals surface area contributed by atoms with Gasteiger partial charge in [-0.25, -0.2) is 0 Å². The Kier molecular flexibility index (Phi) is 6.27. The summed E-state index contributed by atoms with van der Waals surface area (Å²) in [6, 6.07) is 22.2. The van der Waals surface area contributed by atoms with E-state index in [1.54, 1.807) is 7.11 Å². The highest BCUT2D eigenvalue weighted by Crippen LogP contribution is 2.22. The maximum atomic E-state index is 5.87. The van der Waals surface area contributed by atoms with E-state index in [0.717, 1.165) is 34.9 Å². The topological polar surface area (TPSA) is 34.4 Å². The van der Waals surface area contributed by atoms with Gasteiger partial charge in [-0.1, -0.05) is 48.5 Å². The van der Waals surface area contributed by atoms with Gasteiger partial charge in [-0.05, 0) is 18.2 Å². The number of nitrogens with one attached hydrogen (secondary N) is 1. The Bertz CT molecular complexity index is 725. The zero-order valence-electron chi connectivity index (χ0n) is 13.0. The minimum absolute atomic E-state index is 0. The molecule has 1 N–H and O–H groups in total. The number of furan rings is 1. The predicted octanol–water partition coefficient (Wildman–Crippen LogP) is 4.67. The molecule has 120 valence electrons. The summed E-state index contributed by atoms with van der Waals surface area (Å²) in [6.45, 7) is 1.43. The molecule has 3 aromatic rings. The molecular formula is C19H20ClNO2. The van der Waals surface area contributed by atoms with Crippen LogP contribution in [0.4, 0.5) is 0 Å². The van der Waals surface area contributed by atoms with E-state index in [0.29, 0.717) is 6.54 Å². The van der Waals surface area contributed by atoms with Crippen LogP contribution in [0.2, 0.25) is 0 Å². The molecule has 0 bridgehead atoms. The number of halogens is 1. The van der Waals surface area contributed by atoms with Gasteiger partial charge in [-0.3, -0.25) is 0 Å². The Hall–Kier alpha value is -2.23. The van der Waals surface area contributed by atoms with Gasteiger partial charge in [-0.2, -0.15) is 0 Å². The van der Waals surface area contributed by atoms with Crippen molar-refractivity contribution in [3.05, 3.63) is 78.1 Å². The maximum absolute atomic E-state index is 5.87. The van der Waals surface area contributed by atoms with Gasteiger partial charge >= 0.3 is 0 Å². The third kappa shape index (κ3) is 4.38. The number of hydrogen-bond acceptors (Lipinski definition) is 3. The van der Waals surface area contributed by atoms with Gasteiger partial charge in [-0.15, -0.1) is 12.4 Å². The van der Waals surface area contributed by atoms with Gasteiger partial charge in [0.15, 0.2) is 0 Å². The van der Waals surface area contributed by atoms with Crippen molar-refractivity contribution in [2.45, 2.75) is 13.1 Å².